The molecule has 12 rings (SSSR count). The number of phenolic OH excluding ortho intramolecular Hbond substituents is 23. The Morgan fingerprint density at radius 2 is 0.643 bits per heavy atom. The number of carbonyl (C=O) groups excluding carboxylic acids is 8. The van der Waals surface area contributed by atoms with Gasteiger partial charge in [-0.05, 0) is 60.7 Å². The van der Waals surface area contributed by atoms with Crippen molar-refractivity contribution in [2.24, 2.45) is 0 Å². The highest BCUT2D eigenvalue weighted by Crippen LogP contribution is 2.57. The van der Waals surface area contributed by atoms with Crippen molar-refractivity contribution in [3.63, 3.8) is 0 Å². The van der Waals surface area contributed by atoms with Crippen LogP contribution < -0.4 is 4.74 Å². The number of ether oxygens (including phenoxy) is 11. The second kappa shape index (κ2) is 28.4. The summed E-state index contributed by atoms with van der Waals surface area (Å²) in [6, 6.07) is 4.25. The highest BCUT2D eigenvalue weighted by molar-refractivity contribution is 6.10. The van der Waals surface area contributed by atoms with Crippen molar-refractivity contribution in [3.8, 4) is 166 Å². The van der Waals surface area contributed by atoms with Crippen LogP contribution in [-0.2, 0) is 47.4 Å². The van der Waals surface area contributed by atoms with E-state index in [0.717, 1.165) is 0 Å². The van der Waals surface area contributed by atoms with E-state index in [4.69, 9.17) is 52.1 Å². The molecule has 0 bridgehead atoms. The first kappa shape index (κ1) is 76.2. The fraction of sp³-hybridized carbons (Fsp3) is 0.176. The molecule has 4 aliphatic heterocycles. The molecule has 10 atom stereocenters. The minimum Gasteiger partial charge on any atom is -0.504 e. The number of aliphatic hydroxyl groups is 2. The zero-order valence-corrected chi connectivity index (χ0v) is 55.0. The zero-order valence-electron chi connectivity index (χ0n) is 55.0. The highest BCUT2D eigenvalue weighted by Gasteiger charge is 2.56. The lowest BCUT2D eigenvalue weighted by molar-refractivity contribution is -0.284. The number of aliphatic hydroxyl groups excluding tert-OH is 2. The van der Waals surface area contributed by atoms with Gasteiger partial charge in [-0.15, -0.1) is 0 Å². The number of benzene rings is 8. The number of carbonyl (C=O) groups is 8. The van der Waals surface area contributed by atoms with Crippen LogP contribution in [0.5, 0.6) is 144 Å². The van der Waals surface area contributed by atoms with Gasteiger partial charge in [-0.1, -0.05) is 0 Å². The van der Waals surface area contributed by atoms with Crippen molar-refractivity contribution in [1.82, 2.24) is 0 Å². The number of rotatable bonds is 10. The van der Waals surface area contributed by atoms with Crippen LogP contribution in [0.25, 0.3) is 22.3 Å². The van der Waals surface area contributed by atoms with Crippen molar-refractivity contribution < 1.29 is 218 Å². The highest BCUT2D eigenvalue weighted by atomic mass is 16.7. The summed E-state index contributed by atoms with van der Waals surface area (Å²) < 4.78 is 60.8. The summed E-state index contributed by atoms with van der Waals surface area (Å²) in [5.74, 6) is -49.8. The molecule has 8 aromatic carbocycles. The molecule has 0 radical (unpaired) electrons. The largest absolute Gasteiger partial charge is 0.504 e. The van der Waals surface area contributed by atoms with E-state index < -0.39 is 333 Å². The fourth-order valence-corrected chi connectivity index (χ4v) is 11.9. The van der Waals surface area contributed by atoms with Crippen molar-refractivity contribution in [2.45, 2.75) is 61.4 Å². The van der Waals surface area contributed by atoms with Gasteiger partial charge in [-0.2, -0.15) is 0 Å². The Balaban J connectivity index is 0.895. The molecule has 4 heterocycles. The molecule has 0 aliphatic carbocycles. The van der Waals surface area contributed by atoms with Crippen molar-refractivity contribution in [2.75, 3.05) is 13.2 Å². The Morgan fingerprint density at radius 1 is 0.321 bits per heavy atom. The van der Waals surface area contributed by atoms with Crippen LogP contribution in [0, 0.1) is 0 Å². The van der Waals surface area contributed by atoms with E-state index in [0.29, 0.717) is 60.7 Å². The summed E-state index contributed by atoms with van der Waals surface area (Å²) in [6.07, 6.45) is -26.1. The average Bonchev–Trinajstić information content (AvgIpc) is 1.21. The Hall–Kier alpha value is -15.4. The first-order chi connectivity index (χ1) is 52.7. The average molecular weight is 1570 g/mol. The van der Waals surface area contributed by atoms with Crippen molar-refractivity contribution in [1.29, 1.82) is 0 Å². The Morgan fingerprint density at radius 3 is 1.06 bits per heavy atom. The standard InChI is InChI=1S/C68H50O44/c69-22-1-14(2-23(70)39(22)79)59(93)109-56-52(92)68(106-34-13-103-63(97)18-8-28(75)43(83)48(88)36(18)37-19(64(98)107-54(34)56)9-29(76)44(84)49(37)89)112-61(95)16-5-26(73)41(81)32(6-16)104-53-21(11-31(78)46(86)51(53)91)66(100)111-58-57(110-60(94)15-3-24(71)40(80)25(72)4-15)55-33(105-67(58)101)12-102-62(96)17-7-27(74)42(82)47(87)35(17)38-20(65(99)108-55)10-30(77)45(85)50(38)90/h1-11,33-34,52,54-58,67-92,101H,12-13H2/t33-,34-,52-,54-,55-,56-,57+,58-,67?,68+/m1/s1. The molecule has 4 aliphatic rings. The van der Waals surface area contributed by atoms with E-state index in [1.54, 1.807) is 0 Å². The molecule has 44 heteroatoms. The third-order valence-corrected chi connectivity index (χ3v) is 17.4. The third kappa shape index (κ3) is 13.2. The SMILES string of the molecule is O=C(O[C@@H]1O[C@@H]2COC(=O)c3cc(O)c(O)c(O)c3-c3c(cc(O)c(O)c3O)C(=O)O[C@H]2[C@H](OC(=O)c2cc(O)c(O)c(O)c2)[C@H]1O)c1cc(O)c(O)c(Oc2c(C(=O)O[C@H]3C(O)O[C@@H]4COC(=O)c5cc(O)c(O)c(O)c5-c5c(cc(O)c(O)c5O)C(=O)O[C@H]4[C@@H]3OC(=O)c3cc(O)c(O)c(O)c3)cc(O)c(O)c2O)c1. The normalized spacial score (nSPS) is 20.7. The second-order valence-electron chi connectivity index (χ2n) is 24.3. The molecule has 112 heavy (non-hydrogen) atoms. The van der Waals surface area contributed by atoms with Gasteiger partial charge in [-0.25, -0.2) is 38.4 Å². The van der Waals surface area contributed by atoms with Gasteiger partial charge >= 0.3 is 47.8 Å². The summed E-state index contributed by atoms with van der Waals surface area (Å²) in [5.41, 5.74) is -13.5. The molecule has 0 saturated carbocycles. The number of esters is 8. The molecule has 2 fully saturated rings. The minimum atomic E-state index is -2.84. The molecule has 2 saturated heterocycles. The minimum absolute atomic E-state index is 0.194. The smallest absolute Gasteiger partial charge is 0.342 e. The molecule has 586 valence electrons. The quantitative estimate of drug-likeness (QED) is 0.0527. The lowest BCUT2D eigenvalue weighted by atomic mass is 9.92. The summed E-state index contributed by atoms with van der Waals surface area (Å²) in [7, 11) is 0. The Labute approximate surface area is 616 Å². The number of fused-ring (bicyclic) bond motifs is 8. The monoisotopic (exact) mass is 1570 g/mol. The molecule has 0 aromatic heterocycles. The Bertz CT molecular complexity index is 5350. The summed E-state index contributed by atoms with van der Waals surface area (Å²) in [4.78, 5) is 115. The molecule has 8 aromatic rings. The molecular formula is C68H50O44. The fourth-order valence-electron chi connectivity index (χ4n) is 11.9. The van der Waals surface area contributed by atoms with Gasteiger partial charge in [0.15, 0.2) is 146 Å². The molecule has 44 nitrogen and oxygen atoms in total. The van der Waals surface area contributed by atoms with E-state index in [-0.39, 0.29) is 6.07 Å². The maximum atomic E-state index is 14.8. The predicted molar refractivity (Wildman–Crippen MR) is 345 cm³/mol. The van der Waals surface area contributed by atoms with E-state index in [2.05, 4.69) is 0 Å². The number of cyclic esters (lactones) is 2. The molecular weight excluding hydrogens is 1520 g/mol. The molecule has 0 amide bonds. The van der Waals surface area contributed by atoms with Crippen LogP contribution in [0.4, 0.5) is 0 Å². The van der Waals surface area contributed by atoms with E-state index in [9.17, 15) is 166 Å². The lowest BCUT2D eigenvalue weighted by Gasteiger charge is -2.42. The van der Waals surface area contributed by atoms with Crippen LogP contribution in [0.1, 0.15) is 82.9 Å². The van der Waals surface area contributed by atoms with Crippen LogP contribution in [0.2, 0.25) is 0 Å². The summed E-state index contributed by atoms with van der Waals surface area (Å²) >= 11 is 0. The van der Waals surface area contributed by atoms with Gasteiger partial charge in [0, 0.05) is 28.3 Å². The van der Waals surface area contributed by atoms with E-state index in [1.165, 1.54) is 0 Å². The number of hydrogen-bond donors (Lipinski definition) is 25. The van der Waals surface area contributed by atoms with Crippen LogP contribution in [-0.4, -0.2) is 250 Å². The van der Waals surface area contributed by atoms with Gasteiger partial charge in [0.25, 0.3) is 0 Å². The maximum absolute atomic E-state index is 14.8. The lowest BCUT2D eigenvalue weighted by Crippen LogP contribution is -2.62. The number of phenols is 23. The molecule has 0 spiro atoms. The molecule has 1 unspecified atom stereocenters. The van der Waals surface area contributed by atoms with E-state index in [1.807, 2.05) is 0 Å². The topological polar surface area (TPSA) is 744 Å². The summed E-state index contributed by atoms with van der Waals surface area (Å²) in [6.45, 7) is -2.72. The van der Waals surface area contributed by atoms with Crippen molar-refractivity contribution in [3.05, 3.63) is 111 Å². The van der Waals surface area contributed by atoms with Gasteiger partial charge < -0.3 is 180 Å². The van der Waals surface area contributed by atoms with Gasteiger partial charge in [-0.3, -0.25) is 0 Å². The summed E-state index contributed by atoms with van der Waals surface area (Å²) in [5, 5.41) is 270. The van der Waals surface area contributed by atoms with E-state index >= 15 is 0 Å². The van der Waals surface area contributed by atoms with Gasteiger partial charge in [0.1, 0.15) is 31.0 Å². The first-order valence-electron chi connectivity index (χ1n) is 31.1. The van der Waals surface area contributed by atoms with Gasteiger partial charge in [0.05, 0.1) is 38.9 Å². The van der Waals surface area contributed by atoms with Crippen molar-refractivity contribution >= 4 is 47.8 Å². The third-order valence-electron chi connectivity index (χ3n) is 17.4. The number of aromatic hydroxyl groups is 23. The Kier molecular flexibility index (Phi) is 19.3. The second-order valence-corrected chi connectivity index (χ2v) is 24.3. The number of hydrogen-bond acceptors (Lipinski definition) is 44. The predicted octanol–water partition coefficient (Wildman–Crippen LogP) is 1.77. The zero-order chi connectivity index (χ0) is 81.7. The van der Waals surface area contributed by atoms with Crippen LogP contribution in [0.15, 0.2) is 66.7 Å². The van der Waals surface area contributed by atoms with Crippen LogP contribution in [0.3, 0.4) is 0 Å². The first-order valence-corrected chi connectivity index (χ1v) is 31.1. The van der Waals surface area contributed by atoms with Crippen LogP contribution >= 0.6 is 0 Å². The van der Waals surface area contributed by atoms with Gasteiger partial charge in [0.2, 0.25) is 46.5 Å². The maximum Gasteiger partial charge on any atom is 0.342 e. The molecule has 25 N–H and O–H groups in total.